The smallest absolute Gasteiger partial charge is 0.263 e. The molecule has 0 radical (unpaired) electrons. The molecular weight excluding hydrogens is 404 g/mol. The van der Waals surface area contributed by atoms with Crippen LogP contribution in [0.25, 0.3) is 16.0 Å². The third-order valence-electron chi connectivity index (χ3n) is 6.04. The number of fused-ring (bicyclic) bond motifs is 5. The standard InChI is InChI=1S/C21H30N4O2S2/c1-5-7-8-9-10-11-28-20-23-22-19-24(4)17(26)16-14-12-21(3,6-2)27-13-15(14)29-18(16)25(19)20/h5-13H2,1-4H3/t21-/m1/s1. The van der Waals surface area contributed by atoms with Crippen LogP contribution in [0.4, 0.5) is 0 Å². The third-order valence-corrected chi connectivity index (χ3v) is 8.25. The Labute approximate surface area is 179 Å². The van der Waals surface area contributed by atoms with E-state index >= 15 is 0 Å². The second kappa shape index (κ2) is 8.40. The van der Waals surface area contributed by atoms with Gasteiger partial charge in [-0.1, -0.05) is 51.3 Å². The van der Waals surface area contributed by atoms with Gasteiger partial charge in [0, 0.05) is 24.1 Å². The Bertz CT molecular complexity index is 1080. The second-order valence-electron chi connectivity index (χ2n) is 8.20. The molecule has 3 aromatic rings. The van der Waals surface area contributed by atoms with Gasteiger partial charge in [-0.2, -0.15) is 0 Å². The number of thiophene rings is 1. The predicted octanol–water partition coefficient (Wildman–Crippen LogP) is 4.95. The van der Waals surface area contributed by atoms with Gasteiger partial charge in [0.05, 0.1) is 17.6 Å². The van der Waals surface area contributed by atoms with Gasteiger partial charge < -0.3 is 4.74 Å². The average molecular weight is 435 g/mol. The quantitative estimate of drug-likeness (QED) is 0.371. The van der Waals surface area contributed by atoms with E-state index in [2.05, 4.69) is 35.4 Å². The van der Waals surface area contributed by atoms with E-state index in [-0.39, 0.29) is 11.2 Å². The molecule has 158 valence electrons. The number of hydrogen-bond acceptors (Lipinski definition) is 6. The summed E-state index contributed by atoms with van der Waals surface area (Å²) in [6, 6.07) is 0. The maximum absolute atomic E-state index is 13.2. The fraction of sp³-hybridized carbons (Fsp3) is 0.667. The number of unbranched alkanes of at least 4 members (excludes halogenated alkanes) is 4. The van der Waals surface area contributed by atoms with E-state index in [0.717, 1.165) is 39.5 Å². The zero-order valence-corrected chi connectivity index (χ0v) is 19.4. The molecule has 0 unspecified atom stereocenters. The molecule has 0 aromatic carbocycles. The van der Waals surface area contributed by atoms with Gasteiger partial charge in [-0.25, -0.2) is 4.40 Å². The number of ether oxygens (including phenoxy) is 1. The topological polar surface area (TPSA) is 61.4 Å². The number of rotatable bonds is 8. The summed E-state index contributed by atoms with van der Waals surface area (Å²) >= 11 is 3.41. The first-order chi connectivity index (χ1) is 14.0. The fourth-order valence-electron chi connectivity index (χ4n) is 3.95. The second-order valence-corrected chi connectivity index (χ2v) is 10.3. The van der Waals surface area contributed by atoms with Crippen molar-refractivity contribution in [1.29, 1.82) is 0 Å². The lowest BCUT2D eigenvalue weighted by atomic mass is 9.90. The van der Waals surface area contributed by atoms with Crippen molar-refractivity contribution in [2.75, 3.05) is 5.75 Å². The molecule has 0 amide bonds. The third kappa shape index (κ3) is 3.75. The summed E-state index contributed by atoms with van der Waals surface area (Å²) in [5.74, 6) is 1.64. The van der Waals surface area contributed by atoms with Crippen LogP contribution in [-0.2, 0) is 24.8 Å². The summed E-state index contributed by atoms with van der Waals surface area (Å²) < 4.78 is 9.86. The van der Waals surface area contributed by atoms with E-state index in [1.807, 2.05) is 0 Å². The molecule has 1 aliphatic heterocycles. The van der Waals surface area contributed by atoms with Crippen LogP contribution in [-0.4, -0.2) is 30.5 Å². The van der Waals surface area contributed by atoms with Gasteiger partial charge in [0.25, 0.3) is 5.56 Å². The van der Waals surface area contributed by atoms with Crippen LogP contribution >= 0.6 is 23.1 Å². The fourth-order valence-corrected chi connectivity index (χ4v) is 6.16. The van der Waals surface area contributed by atoms with E-state index in [9.17, 15) is 4.79 Å². The molecule has 0 saturated carbocycles. The molecule has 4 rings (SSSR count). The van der Waals surface area contributed by atoms with Crippen LogP contribution in [0.15, 0.2) is 9.95 Å². The van der Waals surface area contributed by atoms with Crippen molar-refractivity contribution < 1.29 is 4.74 Å². The van der Waals surface area contributed by atoms with E-state index in [4.69, 9.17) is 4.74 Å². The molecule has 6 nitrogen and oxygen atoms in total. The number of nitrogens with zero attached hydrogens (tertiary/aromatic N) is 4. The summed E-state index contributed by atoms with van der Waals surface area (Å²) in [5.41, 5.74) is 0.978. The Morgan fingerprint density at radius 1 is 1.21 bits per heavy atom. The van der Waals surface area contributed by atoms with E-state index < -0.39 is 0 Å². The van der Waals surface area contributed by atoms with Crippen molar-refractivity contribution in [2.24, 2.45) is 7.05 Å². The number of thioether (sulfide) groups is 1. The van der Waals surface area contributed by atoms with Gasteiger partial charge in [0.15, 0.2) is 5.16 Å². The van der Waals surface area contributed by atoms with Crippen LogP contribution in [0.3, 0.4) is 0 Å². The highest BCUT2D eigenvalue weighted by Gasteiger charge is 2.33. The molecule has 8 heteroatoms. The van der Waals surface area contributed by atoms with Crippen LogP contribution in [0.5, 0.6) is 0 Å². The molecule has 4 heterocycles. The van der Waals surface area contributed by atoms with Gasteiger partial charge in [0.2, 0.25) is 5.78 Å². The summed E-state index contributed by atoms with van der Waals surface area (Å²) in [5, 5.41) is 10.5. The first-order valence-electron chi connectivity index (χ1n) is 10.6. The minimum absolute atomic E-state index is 0.0221. The first kappa shape index (κ1) is 20.9. The minimum atomic E-state index is -0.204. The van der Waals surface area contributed by atoms with Gasteiger partial charge in [0.1, 0.15) is 4.83 Å². The van der Waals surface area contributed by atoms with Gasteiger partial charge in [-0.3, -0.25) is 9.36 Å². The van der Waals surface area contributed by atoms with Crippen LogP contribution in [0.1, 0.15) is 69.7 Å². The van der Waals surface area contributed by atoms with Crippen LogP contribution in [0, 0.1) is 0 Å². The molecule has 0 saturated heterocycles. The van der Waals surface area contributed by atoms with Crippen LogP contribution in [0.2, 0.25) is 0 Å². The molecule has 0 bridgehead atoms. The highest BCUT2D eigenvalue weighted by molar-refractivity contribution is 7.99. The van der Waals surface area contributed by atoms with Crippen molar-refractivity contribution in [3.05, 3.63) is 20.8 Å². The molecule has 0 aliphatic carbocycles. The highest BCUT2D eigenvalue weighted by atomic mass is 32.2. The molecule has 1 aliphatic rings. The van der Waals surface area contributed by atoms with E-state index in [1.54, 1.807) is 34.7 Å². The van der Waals surface area contributed by atoms with Gasteiger partial charge in [-0.05, 0) is 25.3 Å². The Kier molecular flexibility index (Phi) is 6.04. The predicted molar refractivity (Wildman–Crippen MR) is 120 cm³/mol. The maximum atomic E-state index is 13.2. The largest absolute Gasteiger partial charge is 0.369 e. The van der Waals surface area contributed by atoms with E-state index in [1.165, 1.54) is 37.0 Å². The van der Waals surface area contributed by atoms with Crippen molar-refractivity contribution in [3.63, 3.8) is 0 Å². The van der Waals surface area contributed by atoms with Crippen molar-refractivity contribution >= 4 is 39.1 Å². The first-order valence-corrected chi connectivity index (χ1v) is 12.4. The molecule has 0 spiro atoms. The van der Waals surface area contributed by atoms with Crippen molar-refractivity contribution in [1.82, 2.24) is 19.2 Å². The lowest BCUT2D eigenvalue weighted by Crippen LogP contribution is -2.34. The SMILES string of the molecule is CCCCCCCSc1nnc2n(C)c(=O)c3c4c(sc3n12)CO[C@](C)(CC)C4. The van der Waals surface area contributed by atoms with Crippen LogP contribution < -0.4 is 5.56 Å². The highest BCUT2D eigenvalue weighted by Crippen LogP contribution is 2.39. The summed E-state index contributed by atoms with van der Waals surface area (Å²) in [6.45, 7) is 7.10. The van der Waals surface area contributed by atoms with Gasteiger partial charge in [-0.15, -0.1) is 21.5 Å². The minimum Gasteiger partial charge on any atom is -0.369 e. The summed E-state index contributed by atoms with van der Waals surface area (Å²) in [7, 11) is 1.80. The Hall–Kier alpha value is -1.38. The Morgan fingerprint density at radius 3 is 2.76 bits per heavy atom. The lowest BCUT2D eigenvalue weighted by Gasteiger charge is -2.32. The molecule has 0 N–H and O–H groups in total. The molecule has 29 heavy (non-hydrogen) atoms. The zero-order valence-electron chi connectivity index (χ0n) is 17.8. The van der Waals surface area contributed by atoms with Crippen molar-refractivity contribution in [2.45, 2.75) is 83.1 Å². The maximum Gasteiger partial charge on any atom is 0.263 e. The average Bonchev–Trinajstić information content (AvgIpc) is 3.30. The molecule has 3 aromatic heterocycles. The molecule has 1 atom stereocenters. The number of aromatic nitrogens is 4. The molecule has 0 fully saturated rings. The normalized spacial score (nSPS) is 19.3. The Morgan fingerprint density at radius 2 is 2.00 bits per heavy atom. The van der Waals surface area contributed by atoms with Crippen molar-refractivity contribution in [3.8, 4) is 0 Å². The summed E-state index contributed by atoms with van der Waals surface area (Å²) in [6.07, 6.45) is 8.01. The zero-order chi connectivity index (χ0) is 20.6. The Balaban J connectivity index is 1.73. The molecular formula is C21H30N4O2S2. The lowest BCUT2D eigenvalue weighted by molar-refractivity contribution is -0.0543. The van der Waals surface area contributed by atoms with Gasteiger partial charge >= 0.3 is 0 Å². The monoisotopic (exact) mass is 434 g/mol. The summed E-state index contributed by atoms with van der Waals surface area (Å²) in [4.78, 5) is 15.3. The number of aryl methyl sites for hydroxylation is 1. The van der Waals surface area contributed by atoms with E-state index in [0.29, 0.717) is 12.4 Å². The number of hydrogen-bond donors (Lipinski definition) is 0.